The van der Waals surface area contributed by atoms with Crippen molar-refractivity contribution in [1.82, 2.24) is 0 Å². The number of hydrogen-bond acceptors (Lipinski definition) is 2. The summed E-state index contributed by atoms with van der Waals surface area (Å²) in [5.74, 6) is 0.672. The zero-order chi connectivity index (χ0) is 16.7. The van der Waals surface area contributed by atoms with Crippen molar-refractivity contribution in [3.63, 3.8) is 0 Å². The average Bonchev–Trinajstić information content (AvgIpc) is 2.80. The van der Waals surface area contributed by atoms with Crippen LogP contribution in [0.2, 0.25) is 0 Å². The summed E-state index contributed by atoms with van der Waals surface area (Å²) in [6.45, 7) is 16.6. The van der Waals surface area contributed by atoms with Crippen molar-refractivity contribution in [2.75, 3.05) is 19.0 Å². The van der Waals surface area contributed by atoms with E-state index < -0.39 is 0 Å². The van der Waals surface area contributed by atoms with Crippen LogP contribution < -0.4 is 10.6 Å². The number of hydrogen-bond donors (Lipinski definition) is 1. The molecule has 0 aliphatic carbocycles. The molecule has 20 heavy (non-hydrogen) atoms. The highest BCUT2D eigenvalue weighted by atomic mass is 15.2. The second-order valence-corrected chi connectivity index (χ2v) is 3.70. The van der Waals surface area contributed by atoms with Crippen LogP contribution in [0.15, 0.2) is 24.3 Å². The topological polar surface area (TPSA) is 29.3 Å². The number of rotatable bonds is 0. The minimum absolute atomic E-state index is 0.641. The molecule has 1 heterocycles. The third kappa shape index (κ3) is 6.42. The van der Waals surface area contributed by atoms with Crippen molar-refractivity contribution < 1.29 is 0 Å². The highest BCUT2D eigenvalue weighted by Crippen LogP contribution is 2.38. The first kappa shape index (κ1) is 24.0. The van der Waals surface area contributed by atoms with Gasteiger partial charge in [0.1, 0.15) is 0 Å². The molecule has 0 spiro atoms. The lowest BCUT2D eigenvalue weighted by Crippen LogP contribution is -2.25. The fraction of sp³-hybridized carbons (Fsp3) is 0.667. The maximum Gasteiger partial charge on any atom is 0.0402 e. The summed E-state index contributed by atoms with van der Waals surface area (Å²) in [4.78, 5) is 2.36. The summed E-state index contributed by atoms with van der Waals surface area (Å²) in [6, 6.07) is 9.32. The molecule has 2 heteroatoms. The zero-order valence-corrected chi connectivity index (χ0v) is 15.5. The van der Waals surface area contributed by atoms with Crippen molar-refractivity contribution in [2.45, 2.75) is 67.3 Å². The van der Waals surface area contributed by atoms with Crippen molar-refractivity contribution in [1.29, 1.82) is 0 Å². The van der Waals surface area contributed by atoms with Gasteiger partial charge in [0.2, 0.25) is 0 Å². The first-order valence-electron chi connectivity index (χ1n) is 8.11. The van der Waals surface area contributed by atoms with E-state index in [9.17, 15) is 0 Å². The van der Waals surface area contributed by atoms with Crippen LogP contribution in [0.25, 0.3) is 0 Å². The molecule has 2 nitrogen and oxygen atoms in total. The maximum absolute atomic E-state index is 4.50. The molecule has 0 saturated carbocycles. The van der Waals surface area contributed by atoms with E-state index in [2.05, 4.69) is 55.8 Å². The Labute approximate surface area is 128 Å². The number of nitrogens with zero attached hydrogens (tertiary/aromatic N) is 1. The number of nitrogens with two attached hydrogens (primary N) is 1. The van der Waals surface area contributed by atoms with Gasteiger partial charge in [-0.25, -0.2) is 0 Å². The predicted molar refractivity (Wildman–Crippen MR) is 96.9 cm³/mol. The van der Waals surface area contributed by atoms with E-state index in [0.717, 1.165) is 0 Å². The molecule has 0 fully saturated rings. The molecule has 2 rings (SSSR count). The molecule has 2 unspecified atom stereocenters. The van der Waals surface area contributed by atoms with E-state index in [-0.39, 0.29) is 0 Å². The molecule has 1 aromatic rings. The van der Waals surface area contributed by atoms with Crippen molar-refractivity contribution >= 4 is 5.69 Å². The van der Waals surface area contributed by atoms with E-state index >= 15 is 0 Å². The summed E-state index contributed by atoms with van der Waals surface area (Å²) in [6.07, 6.45) is 0. The van der Waals surface area contributed by atoms with Gasteiger partial charge in [0.05, 0.1) is 0 Å². The Morgan fingerprint density at radius 1 is 0.850 bits per heavy atom. The first-order valence-corrected chi connectivity index (χ1v) is 8.11. The van der Waals surface area contributed by atoms with Gasteiger partial charge in [-0.2, -0.15) is 0 Å². The summed E-state index contributed by atoms with van der Waals surface area (Å²) in [5.41, 5.74) is 7.39. The van der Waals surface area contributed by atoms with Gasteiger partial charge in [-0.15, -0.1) is 0 Å². The quantitative estimate of drug-likeness (QED) is 0.701. The zero-order valence-electron chi connectivity index (χ0n) is 15.5. The van der Waals surface area contributed by atoms with Gasteiger partial charge in [0.15, 0.2) is 0 Å². The Hall–Kier alpha value is -1.02. The monoisotopic (exact) mass is 282 g/mol. The summed E-state index contributed by atoms with van der Waals surface area (Å²) >= 11 is 0. The Morgan fingerprint density at radius 3 is 1.65 bits per heavy atom. The van der Waals surface area contributed by atoms with Crippen LogP contribution in [-0.4, -0.2) is 20.1 Å². The average molecular weight is 283 g/mol. The maximum atomic E-state index is 4.50. The fourth-order valence-corrected chi connectivity index (χ4v) is 2.01. The Kier molecular flexibility index (Phi) is 19.3. The second kappa shape index (κ2) is 16.0. The van der Waals surface area contributed by atoms with Crippen LogP contribution in [0.4, 0.5) is 5.69 Å². The molecule has 120 valence electrons. The Balaban J connectivity index is -0.000000314. The molecule has 1 aromatic carbocycles. The lowest BCUT2D eigenvalue weighted by Gasteiger charge is -2.20. The highest BCUT2D eigenvalue weighted by Gasteiger charge is 2.29. The van der Waals surface area contributed by atoms with E-state index in [4.69, 9.17) is 0 Å². The van der Waals surface area contributed by atoms with Gasteiger partial charge in [0, 0.05) is 24.7 Å². The second-order valence-electron chi connectivity index (χ2n) is 3.70. The number of fused-ring (bicyclic) bond motifs is 1. The van der Waals surface area contributed by atoms with Crippen molar-refractivity contribution in [3.05, 3.63) is 29.8 Å². The van der Waals surface area contributed by atoms with E-state index in [1.165, 1.54) is 18.3 Å². The first-order chi connectivity index (χ1) is 9.72. The molecular formula is C18H38N2. The summed E-state index contributed by atoms with van der Waals surface area (Å²) < 4.78 is 0. The molecule has 1 aliphatic rings. The molecule has 0 aromatic heterocycles. The lowest BCUT2D eigenvalue weighted by molar-refractivity contribution is 0.626. The van der Waals surface area contributed by atoms with Gasteiger partial charge < -0.3 is 10.6 Å². The van der Waals surface area contributed by atoms with Gasteiger partial charge in [-0.05, 0) is 25.6 Å². The third-order valence-corrected chi connectivity index (χ3v) is 3.14. The molecule has 0 bridgehead atoms. The van der Waals surface area contributed by atoms with E-state index in [0.29, 0.717) is 12.0 Å². The third-order valence-electron chi connectivity index (χ3n) is 3.14. The van der Waals surface area contributed by atoms with Crippen molar-refractivity contribution in [3.8, 4) is 0 Å². The van der Waals surface area contributed by atoms with Gasteiger partial charge >= 0.3 is 0 Å². The summed E-state index contributed by atoms with van der Waals surface area (Å²) in [7, 11) is 3.67. The molecule has 0 radical (unpaired) electrons. The van der Waals surface area contributed by atoms with Crippen LogP contribution >= 0.6 is 0 Å². The summed E-state index contributed by atoms with van der Waals surface area (Å²) in [5, 5.41) is 0. The number of benzene rings is 1. The number of likely N-dealkylation sites (N-methyl/N-ethyl adjacent to an activating group) is 1. The number of para-hydroxylation sites is 1. The Bertz CT molecular complexity index is 268. The normalized spacial score (nSPS) is 17.6. The molecule has 2 atom stereocenters. The molecule has 2 N–H and O–H groups in total. The Morgan fingerprint density at radius 2 is 1.25 bits per heavy atom. The molecular weight excluding hydrogens is 244 g/mol. The van der Waals surface area contributed by atoms with E-state index in [1.807, 2.05) is 41.5 Å². The SMILES string of the molecule is CC.CC.CC.CC1c2ccccc2N(C)C1C.CN. The van der Waals surface area contributed by atoms with Crippen LogP contribution in [0.1, 0.15) is 66.9 Å². The molecule has 0 saturated heterocycles. The standard InChI is InChI=1S/C11H15N.3C2H6.CH5N/c1-8-9(2)12(3)11-7-5-4-6-10(8)11;4*1-2/h4-9H,1-3H3;3*1-2H3;2H2,1H3. The van der Waals surface area contributed by atoms with Gasteiger partial charge in [-0.1, -0.05) is 66.7 Å². The smallest absolute Gasteiger partial charge is 0.0402 e. The van der Waals surface area contributed by atoms with Crippen molar-refractivity contribution in [2.24, 2.45) is 5.73 Å². The van der Waals surface area contributed by atoms with Crippen LogP contribution in [0.5, 0.6) is 0 Å². The van der Waals surface area contributed by atoms with Gasteiger partial charge in [0.25, 0.3) is 0 Å². The minimum Gasteiger partial charge on any atom is -0.371 e. The fourth-order valence-electron chi connectivity index (χ4n) is 2.01. The lowest BCUT2D eigenvalue weighted by atomic mass is 9.99. The van der Waals surface area contributed by atoms with Crippen LogP contribution in [-0.2, 0) is 0 Å². The van der Waals surface area contributed by atoms with E-state index in [1.54, 1.807) is 0 Å². The van der Waals surface area contributed by atoms with Crippen LogP contribution in [0, 0.1) is 0 Å². The highest BCUT2D eigenvalue weighted by molar-refractivity contribution is 5.60. The van der Waals surface area contributed by atoms with Crippen LogP contribution in [0.3, 0.4) is 0 Å². The predicted octanol–water partition coefficient (Wildman–Crippen LogP) is 5.28. The molecule has 0 amide bonds. The largest absolute Gasteiger partial charge is 0.371 e. The minimum atomic E-state index is 0.641. The van der Waals surface area contributed by atoms with Gasteiger partial charge in [-0.3, -0.25) is 0 Å². The molecule has 1 aliphatic heterocycles. The number of anilines is 1.